The van der Waals surface area contributed by atoms with Gasteiger partial charge in [0.05, 0.1) is 26.6 Å². The SMILES string of the molecule is O=C(COc1c(Cl)cc(C=Nn2c(C3CCCCC3)nc3ccccc3c2=O)cc1Br)Nc1cccc(F)c1. The number of para-hydroxylation sites is 1. The van der Waals surface area contributed by atoms with Crippen LogP contribution in [0.1, 0.15) is 49.4 Å². The molecule has 10 heteroatoms. The number of aromatic nitrogens is 2. The lowest BCUT2D eigenvalue weighted by molar-refractivity contribution is -0.118. The number of halogens is 3. The Hall–Kier alpha value is -3.56. The molecule has 0 bridgehead atoms. The molecule has 7 nitrogen and oxygen atoms in total. The third-order valence-corrected chi connectivity index (χ3v) is 7.42. The molecule has 1 saturated carbocycles. The van der Waals surface area contributed by atoms with E-state index in [0.717, 1.165) is 25.7 Å². The maximum absolute atomic E-state index is 13.4. The summed E-state index contributed by atoms with van der Waals surface area (Å²) in [5.41, 5.74) is 1.40. The molecular weight excluding hydrogens is 587 g/mol. The lowest BCUT2D eigenvalue weighted by Gasteiger charge is -2.22. The second-order valence-corrected chi connectivity index (χ2v) is 10.6. The standard InChI is InChI=1S/C29H25BrClFN4O3/c30-23-13-18(14-24(31)27(23)39-17-26(37)34-21-10-6-9-20(32)15-21)16-33-36-28(19-7-2-1-3-8-19)35-25-12-5-4-11-22(25)29(36)38/h4-6,9-16,19H,1-3,7-8,17H2,(H,34,37). The number of ether oxygens (including phenoxy) is 1. The van der Waals surface area contributed by atoms with E-state index in [1.54, 1.807) is 30.5 Å². The van der Waals surface area contributed by atoms with Gasteiger partial charge in [-0.05, 0) is 76.8 Å². The van der Waals surface area contributed by atoms with Crippen LogP contribution in [0.3, 0.4) is 0 Å². The normalized spacial score (nSPS) is 14.1. The highest BCUT2D eigenvalue weighted by Crippen LogP contribution is 2.35. The molecule has 1 aliphatic rings. The number of carbonyl (C=O) groups excluding carboxylic acids is 1. The van der Waals surface area contributed by atoms with Gasteiger partial charge in [0.2, 0.25) is 0 Å². The Kier molecular flexibility index (Phi) is 8.38. The molecule has 3 aromatic carbocycles. The summed E-state index contributed by atoms with van der Waals surface area (Å²) in [4.78, 5) is 30.5. The highest BCUT2D eigenvalue weighted by Gasteiger charge is 2.22. The minimum atomic E-state index is -0.465. The zero-order valence-electron chi connectivity index (χ0n) is 20.9. The van der Waals surface area contributed by atoms with Gasteiger partial charge in [-0.3, -0.25) is 9.59 Å². The van der Waals surface area contributed by atoms with E-state index in [9.17, 15) is 14.0 Å². The van der Waals surface area contributed by atoms with Crippen LogP contribution in [0.5, 0.6) is 5.75 Å². The smallest absolute Gasteiger partial charge is 0.282 e. The Labute approximate surface area is 237 Å². The van der Waals surface area contributed by atoms with E-state index in [1.807, 2.05) is 18.2 Å². The molecule has 4 aromatic rings. The molecular formula is C29H25BrClFN4O3. The summed E-state index contributed by atoms with van der Waals surface area (Å²) in [6, 6.07) is 16.2. The first-order valence-corrected chi connectivity index (χ1v) is 13.8. The van der Waals surface area contributed by atoms with Crippen molar-refractivity contribution in [3.05, 3.63) is 97.7 Å². The maximum atomic E-state index is 13.4. The predicted octanol–water partition coefficient (Wildman–Crippen LogP) is 6.90. The third-order valence-electron chi connectivity index (χ3n) is 6.55. The van der Waals surface area contributed by atoms with Gasteiger partial charge in [-0.25, -0.2) is 9.37 Å². The number of carbonyl (C=O) groups is 1. The molecule has 0 aliphatic heterocycles. The number of hydrogen-bond acceptors (Lipinski definition) is 5. The molecule has 1 aliphatic carbocycles. The van der Waals surface area contributed by atoms with Crippen molar-refractivity contribution >= 4 is 56.2 Å². The summed E-state index contributed by atoms with van der Waals surface area (Å²) in [6.07, 6.45) is 6.88. The van der Waals surface area contributed by atoms with Crippen LogP contribution in [0.15, 0.2) is 75.0 Å². The first-order valence-electron chi connectivity index (χ1n) is 12.6. The molecule has 0 spiro atoms. The first-order chi connectivity index (χ1) is 18.9. The largest absolute Gasteiger partial charge is 0.481 e. The zero-order chi connectivity index (χ0) is 27.4. The second kappa shape index (κ2) is 12.1. The van der Waals surface area contributed by atoms with Crippen LogP contribution in [0.2, 0.25) is 5.02 Å². The molecule has 200 valence electrons. The molecule has 1 fully saturated rings. The van der Waals surface area contributed by atoms with Crippen LogP contribution in [0, 0.1) is 5.82 Å². The summed E-state index contributed by atoms with van der Waals surface area (Å²) >= 11 is 9.91. The fourth-order valence-electron chi connectivity index (χ4n) is 4.69. The number of anilines is 1. The summed E-state index contributed by atoms with van der Waals surface area (Å²) in [5, 5.41) is 7.87. The molecule has 39 heavy (non-hydrogen) atoms. The molecule has 1 amide bonds. The van der Waals surface area contributed by atoms with Crippen molar-refractivity contribution in [2.45, 2.75) is 38.0 Å². The quantitative estimate of drug-likeness (QED) is 0.231. The van der Waals surface area contributed by atoms with Gasteiger partial charge in [0.1, 0.15) is 11.6 Å². The summed E-state index contributed by atoms with van der Waals surface area (Å²) in [5.74, 6) is 0.189. The average Bonchev–Trinajstić information content (AvgIpc) is 2.92. The summed E-state index contributed by atoms with van der Waals surface area (Å²) < 4.78 is 20.9. The Balaban J connectivity index is 1.37. The summed E-state index contributed by atoms with van der Waals surface area (Å²) in [6.45, 7) is -0.328. The minimum absolute atomic E-state index is 0.165. The average molecular weight is 612 g/mol. The minimum Gasteiger partial charge on any atom is -0.481 e. The molecule has 5 rings (SSSR count). The van der Waals surface area contributed by atoms with E-state index in [1.165, 1.54) is 29.3 Å². The molecule has 0 saturated heterocycles. The zero-order valence-corrected chi connectivity index (χ0v) is 23.2. The highest BCUT2D eigenvalue weighted by molar-refractivity contribution is 9.10. The van der Waals surface area contributed by atoms with Crippen molar-refractivity contribution in [3.8, 4) is 5.75 Å². The van der Waals surface area contributed by atoms with E-state index in [4.69, 9.17) is 21.3 Å². The van der Waals surface area contributed by atoms with Crippen LogP contribution in [0.25, 0.3) is 10.9 Å². The van der Waals surface area contributed by atoms with E-state index < -0.39 is 11.7 Å². The van der Waals surface area contributed by atoms with E-state index in [0.29, 0.717) is 32.5 Å². The maximum Gasteiger partial charge on any atom is 0.282 e. The fraction of sp³-hybridized carbons (Fsp3) is 0.241. The van der Waals surface area contributed by atoms with E-state index in [-0.39, 0.29) is 28.9 Å². The van der Waals surface area contributed by atoms with Crippen molar-refractivity contribution < 1.29 is 13.9 Å². The molecule has 1 aromatic heterocycles. The molecule has 0 atom stereocenters. The van der Waals surface area contributed by atoms with Gasteiger partial charge in [0.25, 0.3) is 11.5 Å². The van der Waals surface area contributed by atoms with Crippen LogP contribution in [-0.2, 0) is 4.79 Å². The van der Waals surface area contributed by atoms with E-state index >= 15 is 0 Å². The van der Waals surface area contributed by atoms with Crippen molar-refractivity contribution in [1.29, 1.82) is 0 Å². The number of rotatable bonds is 7. The van der Waals surface area contributed by atoms with Crippen molar-refractivity contribution in [1.82, 2.24) is 9.66 Å². The Bertz CT molecular complexity index is 1600. The molecule has 1 heterocycles. The topological polar surface area (TPSA) is 85.6 Å². The first kappa shape index (κ1) is 27.0. The number of benzene rings is 3. The number of hydrogen-bond donors (Lipinski definition) is 1. The van der Waals surface area contributed by atoms with Gasteiger partial charge in [0.15, 0.2) is 12.4 Å². The van der Waals surface area contributed by atoms with Crippen LogP contribution in [-0.4, -0.2) is 28.4 Å². The Morgan fingerprint density at radius 3 is 2.72 bits per heavy atom. The van der Waals surface area contributed by atoms with Gasteiger partial charge in [-0.1, -0.05) is 49.1 Å². The highest BCUT2D eigenvalue weighted by atomic mass is 79.9. The van der Waals surface area contributed by atoms with Gasteiger partial charge < -0.3 is 10.1 Å². The monoisotopic (exact) mass is 610 g/mol. The van der Waals surface area contributed by atoms with Gasteiger partial charge >= 0.3 is 0 Å². The Morgan fingerprint density at radius 1 is 1.15 bits per heavy atom. The van der Waals surface area contributed by atoms with Gasteiger partial charge in [-0.2, -0.15) is 9.78 Å². The lowest BCUT2D eigenvalue weighted by Crippen LogP contribution is -2.25. The number of nitrogens with zero attached hydrogens (tertiary/aromatic N) is 3. The van der Waals surface area contributed by atoms with Crippen molar-refractivity contribution in [2.24, 2.45) is 5.10 Å². The van der Waals surface area contributed by atoms with Crippen LogP contribution in [0.4, 0.5) is 10.1 Å². The van der Waals surface area contributed by atoms with Gasteiger partial charge in [0, 0.05) is 11.6 Å². The van der Waals surface area contributed by atoms with Crippen LogP contribution < -0.4 is 15.6 Å². The van der Waals surface area contributed by atoms with E-state index in [2.05, 4.69) is 26.3 Å². The molecule has 0 radical (unpaired) electrons. The molecule has 1 N–H and O–H groups in total. The second-order valence-electron chi connectivity index (χ2n) is 9.34. The van der Waals surface area contributed by atoms with Gasteiger partial charge in [-0.15, -0.1) is 0 Å². The Morgan fingerprint density at radius 2 is 1.95 bits per heavy atom. The number of amides is 1. The number of fused-ring (bicyclic) bond motifs is 1. The third kappa shape index (κ3) is 6.37. The van der Waals surface area contributed by atoms with Crippen molar-refractivity contribution in [2.75, 3.05) is 11.9 Å². The van der Waals surface area contributed by atoms with Crippen LogP contribution >= 0.6 is 27.5 Å². The summed E-state index contributed by atoms with van der Waals surface area (Å²) in [7, 11) is 0. The lowest BCUT2D eigenvalue weighted by atomic mass is 9.88. The number of nitrogens with one attached hydrogen (secondary N) is 1. The molecule has 0 unspecified atom stereocenters. The predicted molar refractivity (Wildman–Crippen MR) is 154 cm³/mol. The fourth-order valence-corrected chi connectivity index (χ4v) is 5.68. The van der Waals surface area contributed by atoms with Crippen molar-refractivity contribution in [3.63, 3.8) is 0 Å².